The third-order valence-corrected chi connectivity index (χ3v) is 4.35. The molecule has 4 N–H and O–H groups in total. The van der Waals surface area contributed by atoms with Gasteiger partial charge >= 0.3 is 12.3 Å². The molecule has 0 aliphatic heterocycles. The molecule has 0 unspecified atom stereocenters. The van der Waals surface area contributed by atoms with Gasteiger partial charge < -0.3 is 21.1 Å². The number of hydrogen-bond acceptors (Lipinski definition) is 4. The minimum Gasteiger partial charge on any atom is -0.465 e. The summed E-state index contributed by atoms with van der Waals surface area (Å²) in [6.07, 6.45) is -3.94. The van der Waals surface area contributed by atoms with Crippen LogP contribution in [0.3, 0.4) is 0 Å². The zero-order valence-electron chi connectivity index (χ0n) is 14.8. The third kappa shape index (κ3) is 4.92. The summed E-state index contributed by atoms with van der Waals surface area (Å²) in [5, 5.41) is 16.1. The van der Waals surface area contributed by atoms with E-state index in [1.54, 1.807) is 0 Å². The van der Waals surface area contributed by atoms with E-state index < -0.39 is 35.1 Å². The van der Waals surface area contributed by atoms with Crippen LogP contribution in [0, 0.1) is 5.82 Å². The number of nitrogens with one attached hydrogen (secondary N) is 3. The van der Waals surface area contributed by atoms with Crippen LogP contribution in [0.5, 0.6) is 0 Å². The number of hydrogen-bond donors (Lipinski definition) is 4. The van der Waals surface area contributed by atoms with E-state index in [0.29, 0.717) is 24.6 Å². The number of aromatic nitrogens is 1. The van der Waals surface area contributed by atoms with Gasteiger partial charge in [-0.3, -0.25) is 9.78 Å². The van der Waals surface area contributed by atoms with Crippen molar-refractivity contribution < 1.29 is 32.3 Å². The van der Waals surface area contributed by atoms with Crippen molar-refractivity contribution in [2.75, 3.05) is 5.32 Å². The van der Waals surface area contributed by atoms with Gasteiger partial charge in [0, 0.05) is 0 Å². The average molecular weight is 412 g/mol. The van der Waals surface area contributed by atoms with Crippen LogP contribution in [0.25, 0.3) is 0 Å². The zero-order valence-corrected chi connectivity index (χ0v) is 14.8. The number of alkyl halides is 3. The van der Waals surface area contributed by atoms with Crippen LogP contribution in [0.4, 0.5) is 33.7 Å². The second-order valence-electron chi connectivity index (χ2n) is 6.55. The maximum absolute atomic E-state index is 13.2. The summed E-state index contributed by atoms with van der Waals surface area (Å²) in [6.45, 7) is 0.0203. The monoisotopic (exact) mass is 412 g/mol. The van der Waals surface area contributed by atoms with E-state index in [4.69, 9.17) is 5.11 Å². The highest BCUT2D eigenvalue weighted by Gasteiger charge is 2.51. The molecule has 0 spiro atoms. The van der Waals surface area contributed by atoms with E-state index >= 15 is 0 Å². The van der Waals surface area contributed by atoms with Gasteiger partial charge in [0.25, 0.3) is 0 Å². The highest BCUT2D eigenvalue weighted by Crippen LogP contribution is 2.37. The molecule has 7 nitrogen and oxygen atoms in total. The summed E-state index contributed by atoms with van der Waals surface area (Å²) < 4.78 is 52.3. The fourth-order valence-electron chi connectivity index (χ4n) is 2.70. The summed E-state index contributed by atoms with van der Waals surface area (Å²) in [6, 6.07) is 5.24. The SMILES string of the molecule is O=C(O)NC1(C(=O)NCc2ccc(Nc3ccc(F)cc3C(F)(F)F)cn2)CC1. The van der Waals surface area contributed by atoms with Gasteiger partial charge in [-0.2, -0.15) is 13.2 Å². The van der Waals surface area contributed by atoms with Gasteiger partial charge in [-0.15, -0.1) is 0 Å². The standard InChI is InChI=1S/C18H16F4N4O3/c19-10-1-4-14(13(7-10)18(20,21)22)25-12-3-2-11(23-9-12)8-24-15(27)17(5-6-17)26-16(28)29/h1-4,7,9,25-26H,5-6,8H2,(H,24,27)(H,28,29). The van der Waals surface area contributed by atoms with E-state index in [1.807, 2.05) is 0 Å². The first kappa shape index (κ1) is 20.4. The zero-order chi connectivity index (χ0) is 21.2. The Labute approximate surface area is 162 Å². The number of halogens is 4. The van der Waals surface area contributed by atoms with Gasteiger partial charge in [-0.25, -0.2) is 9.18 Å². The molecule has 0 atom stereocenters. The molecule has 1 aromatic heterocycles. The molecule has 11 heteroatoms. The Bertz CT molecular complexity index is 928. The molecule has 0 bridgehead atoms. The van der Waals surface area contributed by atoms with Crippen LogP contribution < -0.4 is 16.0 Å². The molecule has 3 rings (SSSR count). The van der Waals surface area contributed by atoms with Crippen LogP contribution in [0.15, 0.2) is 36.5 Å². The molecule has 2 aromatic rings. The fraction of sp³-hybridized carbons (Fsp3) is 0.278. The Balaban J connectivity index is 1.63. The summed E-state index contributed by atoms with van der Waals surface area (Å²) >= 11 is 0. The van der Waals surface area contributed by atoms with E-state index in [0.717, 1.165) is 12.1 Å². The molecule has 1 aliphatic carbocycles. The predicted octanol–water partition coefficient (Wildman–Crippen LogP) is 3.40. The van der Waals surface area contributed by atoms with Gasteiger partial charge in [0.15, 0.2) is 0 Å². The molecule has 1 aliphatic rings. The molecular formula is C18H16F4N4O3. The summed E-state index contributed by atoms with van der Waals surface area (Å²) in [5.74, 6) is -1.47. The van der Waals surface area contributed by atoms with Gasteiger partial charge in [0.1, 0.15) is 11.4 Å². The summed E-state index contributed by atoms with van der Waals surface area (Å²) in [7, 11) is 0. The smallest absolute Gasteiger partial charge is 0.418 e. The van der Waals surface area contributed by atoms with Gasteiger partial charge in [0.2, 0.25) is 5.91 Å². The fourth-order valence-corrected chi connectivity index (χ4v) is 2.70. The first-order valence-electron chi connectivity index (χ1n) is 8.47. The Kier molecular flexibility index (Phi) is 5.31. The lowest BCUT2D eigenvalue weighted by atomic mass is 10.1. The number of carboxylic acid groups (broad SMARTS) is 1. The van der Waals surface area contributed by atoms with E-state index in [1.165, 1.54) is 18.3 Å². The molecule has 1 saturated carbocycles. The number of benzene rings is 1. The number of anilines is 2. The largest absolute Gasteiger partial charge is 0.465 e. The number of carbonyl (C=O) groups excluding carboxylic acids is 1. The first-order valence-corrected chi connectivity index (χ1v) is 8.47. The highest BCUT2D eigenvalue weighted by atomic mass is 19.4. The van der Waals surface area contributed by atoms with Crippen molar-refractivity contribution in [3.63, 3.8) is 0 Å². The molecule has 0 radical (unpaired) electrons. The summed E-state index contributed by atoms with van der Waals surface area (Å²) in [5.41, 5.74) is -1.91. The van der Waals surface area contributed by atoms with Crippen molar-refractivity contribution >= 4 is 23.4 Å². The Hall–Kier alpha value is -3.37. The Morgan fingerprint density at radius 2 is 1.90 bits per heavy atom. The molecule has 1 fully saturated rings. The maximum atomic E-state index is 13.2. The van der Waals surface area contributed by atoms with Crippen LogP contribution in [0.2, 0.25) is 0 Å². The minimum atomic E-state index is -4.73. The summed E-state index contributed by atoms with van der Waals surface area (Å²) in [4.78, 5) is 26.9. The van der Waals surface area contributed by atoms with Gasteiger partial charge in [-0.1, -0.05) is 0 Å². The molecule has 154 valence electrons. The van der Waals surface area contributed by atoms with Crippen molar-refractivity contribution in [1.29, 1.82) is 0 Å². The van der Waals surface area contributed by atoms with Crippen LogP contribution in [0.1, 0.15) is 24.1 Å². The molecular weight excluding hydrogens is 396 g/mol. The van der Waals surface area contributed by atoms with Crippen molar-refractivity contribution in [2.24, 2.45) is 0 Å². The number of amides is 2. The number of nitrogens with zero attached hydrogens (tertiary/aromatic N) is 1. The van der Waals surface area contributed by atoms with Crippen molar-refractivity contribution in [2.45, 2.75) is 31.1 Å². The second kappa shape index (κ2) is 7.57. The van der Waals surface area contributed by atoms with E-state index in [2.05, 4.69) is 20.9 Å². The maximum Gasteiger partial charge on any atom is 0.418 e. The Morgan fingerprint density at radius 3 is 2.45 bits per heavy atom. The van der Waals surface area contributed by atoms with Gasteiger partial charge in [-0.05, 0) is 43.2 Å². The lowest BCUT2D eigenvalue weighted by Gasteiger charge is -2.16. The first-order chi connectivity index (χ1) is 13.6. The van der Waals surface area contributed by atoms with Crippen molar-refractivity contribution in [3.8, 4) is 0 Å². The second-order valence-corrected chi connectivity index (χ2v) is 6.55. The Morgan fingerprint density at radius 1 is 1.17 bits per heavy atom. The van der Waals surface area contributed by atoms with E-state index in [-0.39, 0.29) is 17.9 Å². The lowest BCUT2D eigenvalue weighted by Crippen LogP contribution is -2.48. The minimum absolute atomic E-state index is 0.0203. The number of pyridine rings is 1. The normalized spacial score (nSPS) is 14.8. The van der Waals surface area contributed by atoms with Crippen LogP contribution in [-0.4, -0.2) is 27.6 Å². The predicted molar refractivity (Wildman–Crippen MR) is 93.9 cm³/mol. The molecule has 1 aromatic carbocycles. The van der Waals surface area contributed by atoms with Crippen LogP contribution >= 0.6 is 0 Å². The average Bonchev–Trinajstić information content (AvgIpc) is 3.41. The molecule has 2 amide bonds. The van der Waals surface area contributed by atoms with Crippen LogP contribution in [-0.2, 0) is 17.5 Å². The number of carbonyl (C=O) groups is 2. The van der Waals surface area contributed by atoms with Crippen molar-refractivity contribution in [1.82, 2.24) is 15.6 Å². The van der Waals surface area contributed by atoms with E-state index in [9.17, 15) is 27.2 Å². The number of rotatable bonds is 6. The quantitative estimate of drug-likeness (QED) is 0.545. The van der Waals surface area contributed by atoms with Gasteiger partial charge in [0.05, 0.1) is 35.4 Å². The molecule has 29 heavy (non-hydrogen) atoms. The molecule has 0 saturated heterocycles. The molecule has 1 heterocycles. The third-order valence-electron chi connectivity index (χ3n) is 4.35. The van der Waals surface area contributed by atoms with Crippen molar-refractivity contribution in [3.05, 3.63) is 53.6 Å². The highest BCUT2D eigenvalue weighted by molar-refractivity contribution is 5.92. The lowest BCUT2D eigenvalue weighted by molar-refractivity contribution is -0.137. The topological polar surface area (TPSA) is 103 Å².